The van der Waals surface area contributed by atoms with E-state index in [1.807, 2.05) is 6.20 Å². The molecule has 0 aliphatic carbocycles. The number of imidazole rings is 1. The molecule has 0 aliphatic rings. The zero-order valence-electron chi connectivity index (χ0n) is 14.0. The summed E-state index contributed by atoms with van der Waals surface area (Å²) in [6.07, 6.45) is 4.15. The molecule has 3 aromatic rings. The molecule has 2 heterocycles. The second kappa shape index (κ2) is 8.29. The molecule has 0 unspecified atom stereocenters. The van der Waals surface area contributed by atoms with Gasteiger partial charge in [-0.1, -0.05) is 29.3 Å². The number of rotatable bonds is 7. The number of benzene rings is 1. The highest BCUT2D eigenvalue weighted by Gasteiger charge is 2.08. The van der Waals surface area contributed by atoms with Gasteiger partial charge in [-0.2, -0.15) is 0 Å². The fourth-order valence-corrected chi connectivity index (χ4v) is 2.94. The first-order valence-corrected chi connectivity index (χ1v) is 8.67. The number of carbonyl (C=O) groups excluding carboxylic acids is 1. The van der Waals surface area contributed by atoms with Gasteiger partial charge in [0.05, 0.1) is 22.8 Å². The van der Waals surface area contributed by atoms with Crippen molar-refractivity contribution in [1.82, 2.24) is 14.7 Å². The fraction of sp³-hybridized carbons (Fsp3) is 0.222. The molecule has 0 fully saturated rings. The third-order valence-corrected chi connectivity index (χ3v) is 4.12. The average molecular weight is 394 g/mol. The summed E-state index contributed by atoms with van der Waals surface area (Å²) in [6.45, 7) is 0.370. The van der Waals surface area contributed by atoms with Gasteiger partial charge in [-0.25, -0.2) is 4.98 Å². The van der Waals surface area contributed by atoms with Crippen LogP contribution in [0.4, 0.5) is 0 Å². The van der Waals surface area contributed by atoms with Gasteiger partial charge in [0, 0.05) is 31.4 Å². The Morgan fingerprint density at radius 3 is 2.85 bits per heavy atom. The number of carbonyl (C=O) groups is 1. The second-order valence-electron chi connectivity index (χ2n) is 5.54. The molecule has 1 aromatic carbocycles. The van der Waals surface area contributed by atoms with Crippen LogP contribution in [0.1, 0.15) is 5.69 Å². The number of methoxy groups -OCH3 is 1. The molecule has 2 aromatic heterocycles. The predicted molar refractivity (Wildman–Crippen MR) is 100 cm³/mol. The molecule has 136 valence electrons. The van der Waals surface area contributed by atoms with Crippen molar-refractivity contribution in [1.29, 1.82) is 0 Å². The highest BCUT2D eigenvalue weighted by atomic mass is 35.5. The summed E-state index contributed by atoms with van der Waals surface area (Å²) >= 11 is 12.1. The molecule has 6 nitrogen and oxygen atoms in total. The first-order chi connectivity index (χ1) is 12.5. The van der Waals surface area contributed by atoms with Crippen molar-refractivity contribution in [2.45, 2.75) is 6.42 Å². The normalized spacial score (nSPS) is 10.7. The minimum Gasteiger partial charge on any atom is -0.497 e. The van der Waals surface area contributed by atoms with E-state index in [9.17, 15) is 4.79 Å². The van der Waals surface area contributed by atoms with Crippen LogP contribution < -0.4 is 14.8 Å². The number of fused-ring (bicyclic) bond motifs is 1. The van der Waals surface area contributed by atoms with Crippen molar-refractivity contribution < 1.29 is 14.3 Å². The maximum absolute atomic E-state index is 11.9. The number of pyridine rings is 1. The summed E-state index contributed by atoms with van der Waals surface area (Å²) in [5.41, 5.74) is 1.45. The number of nitrogens with zero attached hydrogens (tertiary/aromatic N) is 2. The van der Waals surface area contributed by atoms with Crippen molar-refractivity contribution in [3.63, 3.8) is 0 Å². The van der Waals surface area contributed by atoms with Gasteiger partial charge in [0.2, 0.25) is 0 Å². The molecule has 1 amide bonds. The SMILES string of the molecule is COc1cccc(OCC(=O)NCCc2cn3cc(Cl)cc(Cl)c3n2)c1. The fourth-order valence-electron chi connectivity index (χ4n) is 2.42. The number of hydrogen-bond acceptors (Lipinski definition) is 4. The number of aromatic nitrogens is 2. The Labute approximate surface area is 160 Å². The van der Waals surface area contributed by atoms with E-state index < -0.39 is 0 Å². The van der Waals surface area contributed by atoms with E-state index in [0.717, 1.165) is 5.69 Å². The second-order valence-corrected chi connectivity index (χ2v) is 6.38. The van der Waals surface area contributed by atoms with Crippen LogP contribution in [-0.2, 0) is 11.2 Å². The molecule has 0 atom stereocenters. The van der Waals surface area contributed by atoms with Crippen molar-refractivity contribution in [3.8, 4) is 11.5 Å². The van der Waals surface area contributed by atoms with Crippen molar-refractivity contribution in [3.05, 3.63) is 58.5 Å². The Kier molecular flexibility index (Phi) is 5.85. The van der Waals surface area contributed by atoms with Gasteiger partial charge in [-0.15, -0.1) is 0 Å². The summed E-state index contributed by atoms with van der Waals surface area (Å²) in [4.78, 5) is 16.3. The van der Waals surface area contributed by atoms with E-state index in [4.69, 9.17) is 32.7 Å². The van der Waals surface area contributed by atoms with Crippen LogP contribution in [0, 0.1) is 0 Å². The Morgan fingerprint density at radius 1 is 1.23 bits per heavy atom. The van der Waals surface area contributed by atoms with Crippen molar-refractivity contribution in [2.24, 2.45) is 0 Å². The molecule has 0 bridgehead atoms. The van der Waals surface area contributed by atoms with E-state index in [2.05, 4.69) is 10.3 Å². The summed E-state index contributed by atoms with van der Waals surface area (Å²) in [5.74, 6) is 1.04. The lowest BCUT2D eigenvalue weighted by atomic mass is 10.3. The number of halogens is 2. The standard InChI is InChI=1S/C18H17Cl2N3O3/c1-25-14-3-2-4-15(8-14)26-11-17(24)21-6-5-13-10-23-9-12(19)7-16(20)18(23)22-13/h2-4,7-10H,5-6,11H2,1H3,(H,21,24). The lowest BCUT2D eigenvalue weighted by molar-refractivity contribution is -0.123. The van der Waals surface area contributed by atoms with Gasteiger partial charge in [-0.05, 0) is 18.2 Å². The van der Waals surface area contributed by atoms with Crippen molar-refractivity contribution >= 4 is 34.8 Å². The molecule has 0 aliphatic heterocycles. The third kappa shape index (κ3) is 4.59. The van der Waals surface area contributed by atoms with Crippen LogP contribution in [0.5, 0.6) is 11.5 Å². The van der Waals surface area contributed by atoms with Crippen LogP contribution in [0.15, 0.2) is 42.7 Å². The van der Waals surface area contributed by atoms with Gasteiger partial charge in [0.15, 0.2) is 12.3 Å². The van der Waals surface area contributed by atoms with Crippen LogP contribution in [0.2, 0.25) is 10.0 Å². The molecule has 0 radical (unpaired) electrons. The lowest BCUT2D eigenvalue weighted by Gasteiger charge is -2.08. The number of amides is 1. The van der Waals surface area contributed by atoms with Gasteiger partial charge < -0.3 is 19.2 Å². The summed E-state index contributed by atoms with van der Waals surface area (Å²) in [6, 6.07) is 8.74. The monoisotopic (exact) mass is 393 g/mol. The predicted octanol–water partition coefficient (Wildman–Crippen LogP) is 3.39. The van der Waals surface area contributed by atoms with Gasteiger partial charge in [0.1, 0.15) is 11.5 Å². The van der Waals surface area contributed by atoms with E-state index in [1.54, 1.807) is 48.0 Å². The molecular weight excluding hydrogens is 377 g/mol. The summed E-state index contributed by atoms with van der Waals surface area (Å²) < 4.78 is 12.3. The van der Waals surface area contributed by atoms with Gasteiger partial charge in [0.25, 0.3) is 5.91 Å². The van der Waals surface area contributed by atoms with E-state index >= 15 is 0 Å². The van der Waals surface area contributed by atoms with E-state index in [0.29, 0.717) is 40.2 Å². The smallest absolute Gasteiger partial charge is 0.257 e. The molecule has 0 saturated carbocycles. The van der Waals surface area contributed by atoms with Gasteiger partial charge in [-0.3, -0.25) is 4.79 Å². The molecule has 8 heteroatoms. The Bertz CT molecular complexity index is 927. The number of nitrogens with one attached hydrogen (secondary N) is 1. The summed E-state index contributed by atoms with van der Waals surface area (Å²) in [7, 11) is 1.58. The molecule has 26 heavy (non-hydrogen) atoms. The third-order valence-electron chi connectivity index (χ3n) is 3.64. The molecule has 0 spiro atoms. The van der Waals surface area contributed by atoms with Crippen LogP contribution in [0.3, 0.4) is 0 Å². The Balaban J connectivity index is 1.48. The minimum absolute atomic E-state index is 0.0697. The molecular formula is C18H17Cl2N3O3. The largest absolute Gasteiger partial charge is 0.497 e. The summed E-state index contributed by atoms with van der Waals surface area (Å²) in [5, 5.41) is 3.82. The first-order valence-electron chi connectivity index (χ1n) is 7.91. The van der Waals surface area contributed by atoms with E-state index in [-0.39, 0.29) is 12.5 Å². The lowest BCUT2D eigenvalue weighted by Crippen LogP contribution is -2.30. The highest BCUT2D eigenvalue weighted by molar-refractivity contribution is 6.36. The quantitative estimate of drug-likeness (QED) is 0.667. The number of ether oxygens (including phenoxy) is 2. The Morgan fingerprint density at radius 2 is 2.04 bits per heavy atom. The molecule has 1 N–H and O–H groups in total. The molecule has 0 saturated heterocycles. The number of hydrogen-bond donors (Lipinski definition) is 1. The average Bonchev–Trinajstić information content (AvgIpc) is 3.03. The van der Waals surface area contributed by atoms with Crippen LogP contribution in [-0.4, -0.2) is 35.6 Å². The molecule has 3 rings (SSSR count). The van der Waals surface area contributed by atoms with Crippen LogP contribution in [0.25, 0.3) is 5.65 Å². The zero-order valence-corrected chi connectivity index (χ0v) is 15.5. The maximum atomic E-state index is 11.9. The van der Waals surface area contributed by atoms with Crippen molar-refractivity contribution in [2.75, 3.05) is 20.3 Å². The minimum atomic E-state index is -0.210. The van der Waals surface area contributed by atoms with Crippen LogP contribution >= 0.6 is 23.2 Å². The maximum Gasteiger partial charge on any atom is 0.257 e. The Hall–Kier alpha value is -2.44. The highest BCUT2D eigenvalue weighted by Crippen LogP contribution is 2.22. The first kappa shape index (κ1) is 18.4. The van der Waals surface area contributed by atoms with E-state index in [1.165, 1.54) is 0 Å². The topological polar surface area (TPSA) is 64.9 Å². The van der Waals surface area contributed by atoms with Gasteiger partial charge >= 0.3 is 0 Å². The zero-order chi connectivity index (χ0) is 18.5.